The molecule has 2 aromatic rings. The molecule has 0 radical (unpaired) electrons. The molecule has 0 unspecified atom stereocenters. The zero-order valence-electron chi connectivity index (χ0n) is 13.0. The Balaban J connectivity index is 1.45. The molecule has 126 valence electrons. The average molecular weight is 347 g/mol. The number of carbonyl (C=O) groups is 2. The summed E-state index contributed by atoms with van der Waals surface area (Å²) in [6.07, 6.45) is 0.378. The van der Waals surface area contributed by atoms with Crippen molar-refractivity contribution in [3.05, 3.63) is 52.5 Å². The molecule has 5 nitrogen and oxygen atoms in total. The van der Waals surface area contributed by atoms with Crippen LogP contribution in [0.15, 0.2) is 41.8 Å². The van der Waals surface area contributed by atoms with Crippen molar-refractivity contribution < 1.29 is 14.0 Å². The summed E-state index contributed by atoms with van der Waals surface area (Å²) in [7, 11) is 0. The molecule has 1 fully saturated rings. The Morgan fingerprint density at radius 1 is 1.25 bits per heavy atom. The summed E-state index contributed by atoms with van der Waals surface area (Å²) in [4.78, 5) is 26.6. The van der Waals surface area contributed by atoms with Crippen LogP contribution >= 0.6 is 11.3 Å². The molecule has 0 spiro atoms. The number of nitrogens with zero attached hydrogens (tertiary/aromatic N) is 1. The van der Waals surface area contributed by atoms with Gasteiger partial charge in [-0.3, -0.25) is 4.79 Å². The Kier molecular flexibility index (Phi) is 5.10. The molecule has 1 aliphatic rings. The van der Waals surface area contributed by atoms with Crippen LogP contribution in [-0.2, 0) is 11.3 Å². The van der Waals surface area contributed by atoms with E-state index in [4.69, 9.17) is 0 Å². The van der Waals surface area contributed by atoms with E-state index >= 15 is 0 Å². The molecule has 24 heavy (non-hydrogen) atoms. The molecular formula is C17H18FN3O2S. The van der Waals surface area contributed by atoms with Crippen molar-refractivity contribution in [1.29, 1.82) is 0 Å². The molecule has 0 aliphatic carbocycles. The minimum absolute atomic E-state index is 0.00704. The van der Waals surface area contributed by atoms with E-state index in [9.17, 15) is 14.0 Å². The van der Waals surface area contributed by atoms with E-state index in [1.165, 1.54) is 12.1 Å². The van der Waals surface area contributed by atoms with Gasteiger partial charge < -0.3 is 15.5 Å². The van der Waals surface area contributed by atoms with Gasteiger partial charge in [0.05, 0.1) is 6.54 Å². The van der Waals surface area contributed by atoms with Crippen LogP contribution in [0.1, 0.15) is 11.3 Å². The van der Waals surface area contributed by atoms with E-state index in [0.29, 0.717) is 31.7 Å². The monoisotopic (exact) mass is 347 g/mol. The number of amides is 3. The largest absolute Gasteiger partial charge is 0.338 e. The number of carbonyl (C=O) groups excluding carboxylic acids is 2. The SMILES string of the molecule is O=C(NCc1cccs1)NC[C@H]1CC(=O)N(c2ccc(F)cc2)C1. The molecule has 1 saturated heterocycles. The molecule has 7 heteroatoms. The van der Waals surface area contributed by atoms with Gasteiger partial charge in [0.1, 0.15) is 5.82 Å². The van der Waals surface area contributed by atoms with Crippen LogP contribution in [0.3, 0.4) is 0 Å². The molecular weight excluding hydrogens is 329 g/mol. The molecule has 1 aliphatic heterocycles. The van der Waals surface area contributed by atoms with Crippen LogP contribution in [0.4, 0.5) is 14.9 Å². The van der Waals surface area contributed by atoms with Crippen LogP contribution < -0.4 is 15.5 Å². The molecule has 3 rings (SSSR count). The second-order valence-electron chi connectivity index (χ2n) is 5.69. The van der Waals surface area contributed by atoms with Crippen LogP contribution in [0.25, 0.3) is 0 Å². The van der Waals surface area contributed by atoms with Crippen molar-refractivity contribution in [1.82, 2.24) is 10.6 Å². The number of nitrogens with one attached hydrogen (secondary N) is 2. The number of anilines is 1. The average Bonchev–Trinajstić information content (AvgIpc) is 3.21. The number of hydrogen-bond donors (Lipinski definition) is 2. The number of halogens is 1. The molecule has 2 heterocycles. The minimum Gasteiger partial charge on any atom is -0.338 e. The molecule has 1 aromatic heterocycles. The maximum absolute atomic E-state index is 13.0. The highest BCUT2D eigenvalue weighted by Crippen LogP contribution is 2.24. The van der Waals surface area contributed by atoms with Gasteiger partial charge in [0.2, 0.25) is 5.91 Å². The first-order valence-electron chi connectivity index (χ1n) is 7.72. The van der Waals surface area contributed by atoms with Crippen LogP contribution in [0.5, 0.6) is 0 Å². The first kappa shape index (κ1) is 16.4. The lowest BCUT2D eigenvalue weighted by Gasteiger charge is -2.17. The predicted molar refractivity (Wildman–Crippen MR) is 91.4 cm³/mol. The lowest BCUT2D eigenvalue weighted by molar-refractivity contribution is -0.117. The van der Waals surface area contributed by atoms with Crippen molar-refractivity contribution in [2.24, 2.45) is 5.92 Å². The predicted octanol–water partition coefficient (Wildman–Crippen LogP) is 2.74. The van der Waals surface area contributed by atoms with Crippen molar-refractivity contribution in [3.63, 3.8) is 0 Å². The molecule has 2 N–H and O–H groups in total. The maximum atomic E-state index is 13.0. The Bertz CT molecular complexity index is 703. The van der Waals surface area contributed by atoms with Gasteiger partial charge in [-0.15, -0.1) is 11.3 Å². The third kappa shape index (κ3) is 4.11. The summed E-state index contributed by atoms with van der Waals surface area (Å²) in [6, 6.07) is 9.53. The summed E-state index contributed by atoms with van der Waals surface area (Å²) >= 11 is 1.59. The number of urea groups is 1. The Hall–Kier alpha value is -2.41. The van der Waals surface area contributed by atoms with Gasteiger partial charge in [0.15, 0.2) is 0 Å². The topological polar surface area (TPSA) is 61.4 Å². The minimum atomic E-state index is -0.328. The Morgan fingerprint density at radius 3 is 2.75 bits per heavy atom. The van der Waals surface area contributed by atoms with Gasteiger partial charge >= 0.3 is 6.03 Å². The number of benzene rings is 1. The van der Waals surface area contributed by atoms with Crippen LogP contribution in [0, 0.1) is 11.7 Å². The maximum Gasteiger partial charge on any atom is 0.315 e. The van der Waals surface area contributed by atoms with Crippen molar-refractivity contribution in [3.8, 4) is 0 Å². The van der Waals surface area contributed by atoms with Gasteiger partial charge in [0.25, 0.3) is 0 Å². The lowest BCUT2D eigenvalue weighted by Crippen LogP contribution is -2.38. The first-order valence-corrected chi connectivity index (χ1v) is 8.60. The number of thiophene rings is 1. The highest BCUT2D eigenvalue weighted by Gasteiger charge is 2.30. The van der Waals surface area contributed by atoms with Crippen molar-refractivity contribution in [2.45, 2.75) is 13.0 Å². The lowest BCUT2D eigenvalue weighted by atomic mass is 10.1. The summed E-state index contributed by atoms with van der Waals surface area (Å²) in [6.45, 7) is 1.45. The Labute approximate surface area is 143 Å². The van der Waals surface area contributed by atoms with E-state index in [2.05, 4.69) is 10.6 Å². The third-order valence-electron chi connectivity index (χ3n) is 3.90. The second-order valence-corrected chi connectivity index (χ2v) is 6.73. The van der Waals surface area contributed by atoms with Gasteiger partial charge in [-0.2, -0.15) is 0 Å². The van der Waals surface area contributed by atoms with Gasteiger partial charge in [-0.05, 0) is 35.7 Å². The third-order valence-corrected chi connectivity index (χ3v) is 4.77. The first-order chi connectivity index (χ1) is 11.6. The van der Waals surface area contributed by atoms with E-state index in [1.807, 2.05) is 17.5 Å². The fourth-order valence-electron chi connectivity index (χ4n) is 2.67. The molecule has 0 bridgehead atoms. The van der Waals surface area contributed by atoms with Crippen LogP contribution in [0.2, 0.25) is 0 Å². The van der Waals surface area contributed by atoms with E-state index in [0.717, 1.165) is 4.88 Å². The van der Waals surface area contributed by atoms with E-state index < -0.39 is 0 Å². The standard InChI is InChI=1S/C17H18FN3O2S/c18-13-3-5-14(6-4-13)21-11-12(8-16(21)22)9-19-17(23)20-10-15-2-1-7-24-15/h1-7,12H,8-11H2,(H2,19,20,23)/t12-/m1/s1. The van der Waals surface area contributed by atoms with Gasteiger partial charge in [-0.1, -0.05) is 6.07 Å². The molecule has 3 amide bonds. The zero-order valence-corrected chi connectivity index (χ0v) is 13.8. The Morgan fingerprint density at radius 2 is 2.04 bits per heavy atom. The second kappa shape index (κ2) is 7.44. The fraction of sp³-hybridized carbons (Fsp3) is 0.294. The van der Waals surface area contributed by atoms with Gasteiger partial charge in [0, 0.05) is 36.0 Å². The van der Waals surface area contributed by atoms with Crippen molar-refractivity contribution in [2.75, 3.05) is 18.0 Å². The number of hydrogen-bond acceptors (Lipinski definition) is 3. The summed E-state index contributed by atoms with van der Waals surface area (Å²) in [5.41, 5.74) is 0.686. The summed E-state index contributed by atoms with van der Waals surface area (Å²) in [5, 5.41) is 7.56. The molecule has 0 saturated carbocycles. The molecule has 1 aromatic carbocycles. The van der Waals surface area contributed by atoms with Gasteiger partial charge in [-0.25, -0.2) is 9.18 Å². The highest BCUT2D eigenvalue weighted by atomic mass is 32.1. The molecule has 1 atom stereocenters. The highest BCUT2D eigenvalue weighted by molar-refractivity contribution is 7.09. The summed E-state index contributed by atoms with van der Waals surface area (Å²) in [5.74, 6) is -0.284. The number of rotatable bonds is 5. The zero-order chi connectivity index (χ0) is 16.9. The normalized spacial score (nSPS) is 17.1. The van der Waals surface area contributed by atoms with E-state index in [1.54, 1.807) is 28.4 Å². The van der Waals surface area contributed by atoms with Crippen LogP contribution in [-0.4, -0.2) is 25.0 Å². The van der Waals surface area contributed by atoms with E-state index in [-0.39, 0.29) is 23.7 Å². The fourth-order valence-corrected chi connectivity index (χ4v) is 3.31. The smallest absolute Gasteiger partial charge is 0.315 e. The summed E-state index contributed by atoms with van der Waals surface area (Å²) < 4.78 is 13.0. The van der Waals surface area contributed by atoms with Crippen molar-refractivity contribution >= 4 is 29.0 Å². The quantitative estimate of drug-likeness (QED) is 0.874.